The Bertz CT molecular complexity index is 463. The fraction of sp³-hybridized carbons (Fsp3) is 0.500. The number of nitrogens with two attached hydrogens (primary N) is 1. The van der Waals surface area contributed by atoms with Gasteiger partial charge in [-0.05, 0) is 56.7 Å². The lowest BCUT2D eigenvalue weighted by Gasteiger charge is -2.34. The highest BCUT2D eigenvalue weighted by Gasteiger charge is 2.33. The van der Waals surface area contributed by atoms with Gasteiger partial charge in [-0.25, -0.2) is 0 Å². The zero-order chi connectivity index (χ0) is 13.4. The summed E-state index contributed by atoms with van der Waals surface area (Å²) in [7, 11) is 0. The van der Waals surface area contributed by atoms with E-state index in [-0.39, 0.29) is 11.7 Å². The monoisotopic (exact) mass is 441 g/mol. The summed E-state index contributed by atoms with van der Waals surface area (Å²) in [6, 6.07) is 1.22. The third-order valence-electron chi connectivity index (χ3n) is 3.52. The van der Waals surface area contributed by atoms with Crippen molar-refractivity contribution in [1.29, 1.82) is 0 Å². The number of phenols is 1. The van der Waals surface area contributed by atoms with Gasteiger partial charge in [0.2, 0.25) is 0 Å². The maximum Gasteiger partial charge on any atom is 0.144 e. The standard InChI is InChI=1S/C12H14Br3NO2/c13-6-4-7(14)12(18)9(15)8(6)10(16)11(17)5-2-1-3-5/h4-5,10-11,17-18H,1-3,16H2/t10-,11+/m1/s1. The second-order valence-corrected chi connectivity index (χ2v) is 7.13. The quantitative estimate of drug-likeness (QED) is 0.665. The van der Waals surface area contributed by atoms with E-state index in [0.717, 1.165) is 23.7 Å². The highest BCUT2D eigenvalue weighted by molar-refractivity contribution is 9.11. The Labute approximate surface area is 131 Å². The number of aliphatic hydroxyl groups is 1. The van der Waals surface area contributed by atoms with Crippen LogP contribution in [0.3, 0.4) is 0 Å². The van der Waals surface area contributed by atoms with Crippen LogP contribution in [-0.2, 0) is 0 Å². The Balaban J connectivity index is 2.34. The number of hydrogen-bond donors (Lipinski definition) is 3. The Hall–Kier alpha value is 0.380. The molecule has 0 spiro atoms. The van der Waals surface area contributed by atoms with Gasteiger partial charge in [-0.3, -0.25) is 0 Å². The number of halogens is 3. The summed E-state index contributed by atoms with van der Waals surface area (Å²) in [5.41, 5.74) is 6.84. The molecule has 18 heavy (non-hydrogen) atoms. The summed E-state index contributed by atoms with van der Waals surface area (Å²) in [5.74, 6) is 0.369. The summed E-state index contributed by atoms with van der Waals surface area (Å²) >= 11 is 10.0. The van der Waals surface area contributed by atoms with Crippen LogP contribution in [-0.4, -0.2) is 16.3 Å². The van der Waals surface area contributed by atoms with Crippen molar-refractivity contribution >= 4 is 47.8 Å². The van der Waals surface area contributed by atoms with E-state index < -0.39 is 12.1 Å². The predicted molar refractivity (Wildman–Crippen MR) is 81.5 cm³/mol. The molecule has 3 nitrogen and oxygen atoms in total. The Kier molecular flexibility index (Phi) is 4.75. The van der Waals surface area contributed by atoms with Crippen LogP contribution in [0.15, 0.2) is 19.5 Å². The number of rotatable bonds is 3. The SMILES string of the molecule is N[C@H](c1c(Br)cc(Br)c(O)c1Br)[C@@H](O)C1CCC1. The molecule has 0 saturated heterocycles. The Morgan fingerprint density at radius 1 is 1.22 bits per heavy atom. The second kappa shape index (κ2) is 5.79. The second-order valence-electron chi connectivity index (χ2n) is 4.62. The number of hydrogen-bond acceptors (Lipinski definition) is 3. The normalized spacial score (nSPS) is 19.4. The molecule has 0 bridgehead atoms. The van der Waals surface area contributed by atoms with Gasteiger partial charge >= 0.3 is 0 Å². The molecule has 1 fully saturated rings. The lowest BCUT2D eigenvalue weighted by molar-refractivity contribution is 0.0410. The smallest absolute Gasteiger partial charge is 0.144 e. The largest absolute Gasteiger partial charge is 0.506 e. The first-order chi connectivity index (χ1) is 8.43. The van der Waals surface area contributed by atoms with Crippen molar-refractivity contribution in [3.63, 3.8) is 0 Å². The minimum Gasteiger partial charge on any atom is -0.506 e. The summed E-state index contributed by atoms with van der Waals surface area (Å²) < 4.78 is 1.87. The maximum atomic E-state index is 10.2. The van der Waals surface area contributed by atoms with Crippen LogP contribution >= 0.6 is 47.8 Å². The van der Waals surface area contributed by atoms with Gasteiger partial charge in [-0.2, -0.15) is 0 Å². The lowest BCUT2D eigenvalue weighted by atomic mass is 9.77. The third kappa shape index (κ3) is 2.63. The van der Waals surface area contributed by atoms with Crippen molar-refractivity contribution in [2.45, 2.75) is 31.4 Å². The van der Waals surface area contributed by atoms with Gasteiger partial charge in [0.15, 0.2) is 0 Å². The molecule has 4 N–H and O–H groups in total. The molecule has 1 aromatic rings. The van der Waals surface area contributed by atoms with Crippen LogP contribution in [0.4, 0.5) is 0 Å². The zero-order valence-electron chi connectivity index (χ0n) is 9.54. The van der Waals surface area contributed by atoms with Crippen molar-refractivity contribution in [2.75, 3.05) is 0 Å². The maximum absolute atomic E-state index is 10.2. The van der Waals surface area contributed by atoms with Crippen molar-refractivity contribution in [1.82, 2.24) is 0 Å². The van der Waals surface area contributed by atoms with E-state index in [9.17, 15) is 10.2 Å². The van der Waals surface area contributed by atoms with E-state index in [4.69, 9.17) is 5.73 Å². The minimum absolute atomic E-state index is 0.101. The highest BCUT2D eigenvalue weighted by Crippen LogP contribution is 2.44. The summed E-state index contributed by atoms with van der Waals surface area (Å²) in [5, 5.41) is 20.1. The molecule has 6 heteroatoms. The molecular weight excluding hydrogens is 430 g/mol. The topological polar surface area (TPSA) is 66.5 Å². The number of aliphatic hydroxyl groups excluding tert-OH is 1. The molecule has 2 rings (SSSR count). The van der Waals surface area contributed by atoms with Crippen LogP contribution in [0.5, 0.6) is 5.75 Å². The van der Waals surface area contributed by atoms with Crippen molar-refractivity contribution in [2.24, 2.45) is 11.7 Å². The Morgan fingerprint density at radius 3 is 2.33 bits per heavy atom. The van der Waals surface area contributed by atoms with E-state index in [0.29, 0.717) is 14.5 Å². The fourth-order valence-corrected chi connectivity index (χ4v) is 4.79. The molecule has 2 atom stereocenters. The molecule has 1 aliphatic rings. The first-order valence-electron chi connectivity index (χ1n) is 5.73. The van der Waals surface area contributed by atoms with Crippen LogP contribution in [0, 0.1) is 5.92 Å². The molecule has 1 aromatic carbocycles. The van der Waals surface area contributed by atoms with E-state index >= 15 is 0 Å². The van der Waals surface area contributed by atoms with Crippen molar-refractivity contribution in [3.8, 4) is 5.75 Å². The number of aromatic hydroxyl groups is 1. The van der Waals surface area contributed by atoms with E-state index in [1.165, 1.54) is 0 Å². The lowest BCUT2D eigenvalue weighted by Crippen LogP contribution is -2.36. The molecule has 0 radical (unpaired) electrons. The van der Waals surface area contributed by atoms with Gasteiger partial charge in [0, 0.05) is 10.0 Å². The minimum atomic E-state index is -0.577. The van der Waals surface area contributed by atoms with E-state index in [2.05, 4.69) is 47.8 Å². The molecule has 0 heterocycles. The molecule has 1 saturated carbocycles. The highest BCUT2D eigenvalue weighted by atomic mass is 79.9. The van der Waals surface area contributed by atoms with E-state index in [1.807, 2.05) is 0 Å². The van der Waals surface area contributed by atoms with Gasteiger partial charge in [-0.15, -0.1) is 0 Å². The van der Waals surface area contributed by atoms with Crippen LogP contribution in [0.2, 0.25) is 0 Å². The summed E-state index contributed by atoms with van der Waals surface area (Å²) in [4.78, 5) is 0. The van der Waals surface area contributed by atoms with Gasteiger partial charge in [-0.1, -0.05) is 22.4 Å². The van der Waals surface area contributed by atoms with Crippen molar-refractivity contribution in [3.05, 3.63) is 25.0 Å². The number of benzene rings is 1. The molecule has 0 aromatic heterocycles. The summed E-state index contributed by atoms with van der Waals surface area (Å²) in [6.45, 7) is 0. The predicted octanol–water partition coefficient (Wildman–Crippen LogP) is 3.84. The summed E-state index contributed by atoms with van der Waals surface area (Å²) in [6.07, 6.45) is 2.62. The molecule has 0 unspecified atom stereocenters. The van der Waals surface area contributed by atoms with Crippen LogP contribution in [0.25, 0.3) is 0 Å². The van der Waals surface area contributed by atoms with Gasteiger partial charge < -0.3 is 15.9 Å². The molecule has 0 amide bonds. The van der Waals surface area contributed by atoms with Gasteiger partial charge in [0.1, 0.15) is 5.75 Å². The molecular formula is C12H14Br3NO2. The van der Waals surface area contributed by atoms with Gasteiger partial charge in [0.25, 0.3) is 0 Å². The Morgan fingerprint density at radius 2 is 1.83 bits per heavy atom. The van der Waals surface area contributed by atoms with E-state index in [1.54, 1.807) is 6.07 Å². The molecule has 0 aliphatic heterocycles. The molecule has 1 aliphatic carbocycles. The average Bonchev–Trinajstić information content (AvgIpc) is 2.23. The van der Waals surface area contributed by atoms with Crippen molar-refractivity contribution < 1.29 is 10.2 Å². The average molecular weight is 444 g/mol. The van der Waals surface area contributed by atoms with Crippen LogP contribution in [0.1, 0.15) is 30.9 Å². The zero-order valence-corrected chi connectivity index (χ0v) is 14.3. The van der Waals surface area contributed by atoms with Crippen LogP contribution < -0.4 is 5.73 Å². The first-order valence-corrected chi connectivity index (χ1v) is 8.11. The third-order valence-corrected chi connectivity index (χ3v) is 5.58. The fourth-order valence-electron chi connectivity index (χ4n) is 2.15. The molecule has 100 valence electrons. The first kappa shape index (κ1) is 14.8. The van der Waals surface area contributed by atoms with Gasteiger partial charge in [0.05, 0.1) is 21.1 Å². The number of phenolic OH excluding ortho intramolecular Hbond substituents is 1.